The van der Waals surface area contributed by atoms with Crippen LogP contribution in [0.1, 0.15) is 23.3 Å². The van der Waals surface area contributed by atoms with Gasteiger partial charge in [0, 0.05) is 16.4 Å². The molecule has 0 radical (unpaired) electrons. The minimum atomic E-state index is -1.10. The molecule has 1 aliphatic rings. The normalized spacial score (nSPS) is 16.1. The number of hydrogen-bond donors (Lipinski definition) is 3. The minimum absolute atomic E-state index is 0.0331. The van der Waals surface area contributed by atoms with Crippen molar-refractivity contribution in [1.29, 1.82) is 0 Å². The standard InChI is InChI=1S/C18H19ClN2O3S/c19-14-7-3-12(4-8-14)10-20-16(22)17(23)21-11-18(24,13-5-6-13)15-2-1-9-25-15/h1-4,7-9,13,24H,5-6,10-11H2,(H,20,22)(H,21,23). The molecule has 3 N–H and O–H groups in total. The summed E-state index contributed by atoms with van der Waals surface area (Å²) in [4.78, 5) is 24.8. The second kappa shape index (κ2) is 7.56. The summed E-state index contributed by atoms with van der Waals surface area (Å²) in [5.41, 5.74) is -0.251. The SMILES string of the molecule is O=C(NCc1ccc(Cl)cc1)C(=O)NCC(O)(c1cccs1)C1CC1. The smallest absolute Gasteiger partial charge is 0.309 e. The number of halogens is 1. The summed E-state index contributed by atoms with van der Waals surface area (Å²) in [6, 6.07) is 10.7. The first-order valence-corrected chi connectivity index (χ1v) is 9.31. The molecule has 2 aromatic rings. The number of nitrogens with one attached hydrogen (secondary N) is 2. The van der Waals surface area contributed by atoms with Crippen molar-refractivity contribution in [3.8, 4) is 0 Å². The first-order chi connectivity index (χ1) is 12.0. The summed E-state index contributed by atoms with van der Waals surface area (Å²) in [7, 11) is 0. The van der Waals surface area contributed by atoms with E-state index in [1.54, 1.807) is 24.3 Å². The molecule has 0 saturated heterocycles. The van der Waals surface area contributed by atoms with Crippen molar-refractivity contribution in [3.05, 3.63) is 57.2 Å². The molecule has 0 spiro atoms. The average molecular weight is 379 g/mol. The molecule has 5 nitrogen and oxygen atoms in total. The molecule has 7 heteroatoms. The summed E-state index contributed by atoms with van der Waals surface area (Å²) in [6.07, 6.45) is 1.85. The van der Waals surface area contributed by atoms with E-state index < -0.39 is 17.4 Å². The zero-order chi connectivity index (χ0) is 17.9. The fraction of sp³-hybridized carbons (Fsp3) is 0.333. The third-order valence-electron chi connectivity index (χ3n) is 4.29. The Morgan fingerprint density at radius 3 is 2.44 bits per heavy atom. The Balaban J connectivity index is 1.52. The lowest BCUT2D eigenvalue weighted by Crippen LogP contribution is -2.47. The van der Waals surface area contributed by atoms with Crippen molar-refractivity contribution in [2.24, 2.45) is 5.92 Å². The molecular formula is C18H19ClN2O3S. The zero-order valence-corrected chi connectivity index (χ0v) is 15.1. The van der Waals surface area contributed by atoms with Crippen molar-refractivity contribution >= 4 is 34.8 Å². The summed E-state index contributed by atoms with van der Waals surface area (Å²) in [5, 5.41) is 18.6. The van der Waals surface area contributed by atoms with Crippen LogP contribution >= 0.6 is 22.9 Å². The van der Waals surface area contributed by atoms with Crippen molar-refractivity contribution < 1.29 is 14.7 Å². The van der Waals surface area contributed by atoms with Crippen molar-refractivity contribution in [2.45, 2.75) is 25.0 Å². The first-order valence-electron chi connectivity index (χ1n) is 8.06. The van der Waals surface area contributed by atoms with Crippen LogP contribution in [-0.4, -0.2) is 23.5 Å². The van der Waals surface area contributed by atoms with Crippen molar-refractivity contribution in [1.82, 2.24) is 10.6 Å². The number of thiophene rings is 1. The van der Waals surface area contributed by atoms with Crippen LogP contribution in [-0.2, 0) is 21.7 Å². The molecule has 1 aromatic carbocycles. The van der Waals surface area contributed by atoms with E-state index in [0.717, 1.165) is 23.3 Å². The maximum atomic E-state index is 12.0. The van der Waals surface area contributed by atoms with E-state index in [9.17, 15) is 14.7 Å². The summed E-state index contributed by atoms with van der Waals surface area (Å²) in [5.74, 6) is -1.34. The first kappa shape index (κ1) is 17.9. The van der Waals surface area contributed by atoms with E-state index in [1.165, 1.54) is 11.3 Å². The predicted molar refractivity (Wildman–Crippen MR) is 97.2 cm³/mol. The second-order valence-electron chi connectivity index (χ2n) is 6.17. The van der Waals surface area contributed by atoms with Gasteiger partial charge in [-0.3, -0.25) is 9.59 Å². The largest absolute Gasteiger partial charge is 0.382 e. The van der Waals surface area contributed by atoms with Gasteiger partial charge in [0.05, 0.1) is 6.54 Å². The second-order valence-corrected chi connectivity index (χ2v) is 7.55. The van der Waals surface area contributed by atoms with Gasteiger partial charge in [0.2, 0.25) is 0 Å². The van der Waals surface area contributed by atoms with Crippen LogP contribution in [0.25, 0.3) is 0 Å². The Kier molecular flexibility index (Phi) is 5.42. The Bertz CT molecular complexity index is 744. The molecular weight excluding hydrogens is 360 g/mol. The fourth-order valence-electron chi connectivity index (χ4n) is 2.68. The van der Waals surface area contributed by atoms with E-state index in [2.05, 4.69) is 10.6 Å². The molecule has 1 atom stereocenters. The van der Waals surface area contributed by atoms with Gasteiger partial charge in [-0.05, 0) is 47.9 Å². The van der Waals surface area contributed by atoms with Crippen LogP contribution in [0.3, 0.4) is 0 Å². The van der Waals surface area contributed by atoms with Crippen LogP contribution in [0.2, 0.25) is 5.02 Å². The van der Waals surface area contributed by atoms with Crippen LogP contribution in [0, 0.1) is 5.92 Å². The number of benzene rings is 1. The molecule has 25 heavy (non-hydrogen) atoms. The van der Waals surface area contributed by atoms with Gasteiger partial charge < -0.3 is 15.7 Å². The minimum Gasteiger partial charge on any atom is -0.382 e. The van der Waals surface area contributed by atoms with E-state index >= 15 is 0 Å². The monoisotopic (exact) mass is 378 g/mol. The van der Waals surface area contributed by atoms with Gasteiger partial charge in [-0.25, -0.2) is 0 Å². The van der Waals surface area contributed by atoms with Crippen LogP contribution in [0.4, 0.5) is 0 Å². The highest BCUT2D eigenvalue weighted by molar-refractivity contribution is 7.10. The quantitative estimate of drug-likeness (QED) is 0.675. The number of hydrogen-bond acceptors (Lipinski definition) is 4. The molecule has 1 heterocycles. The lowest BCUT2D eigenvalue weighted by atomic mass is 9.95. The van der Waals surface area contributed by atoms with Crippen LogP contribution in [0.5, 0.6) is 0 Å². The molecule has 1 aliphatic carbocycles. The summed E-state index contributed by atoms with van der Waals surface area (Å²) < 4.78 is 0. The van der Waals surface area contributed by atoms with Crippen molar-refractivity contribution in [3.63, 3.8) is 0 Å². The van der Waals surface area contributed by atoms with Crippen LogP contribution < -0.4 is 10.6 Å². The fourth-order valence-corrected chi connectivity index (χ4v) is 3.71. The molecule has 1 aromatic heterocycles. The third-order valence-corrected chi connectivity index (χ3v) is 5.58. The molecule has 132 valence electrons. The Hall–Kier alpha value is -1.89. The number of carbonyl (C=O) groups excluding carboxylic acids is 2. The van der Waals surface area contributed by atoms with Gasteiger partial charge in [-0.2, -0.15) is 0 Å². The molecule has 2 amide bonds. The highest BCUT2D eigenvalue weighted by atomic mass is 35.5. The Morgan fingerprint density at radius 2 is 1.84 bits per heavy atom. The molecule has 1 fully saturated rings. The number of aliphatic hydroxyl groups is 1. The topological polar surface area (TPSA) is 78.4 Å². The molecule has 1 saturated carbocycles. The Morgan fingerprint density at radius 1 is 1.16 bits per heavy atom. The molecule has 0 bridgehead atoms. The highest BCUT2D eigenvalue weighted by Gasteiger charge is 2.46. The predicted octanol–water partition coefficient (Wildman–Crippen LogP) is 2.43. The van der Waals surface area contributed by atoms with E-state index in [0.29, 0.717) is 5.02 Å². The number of amides is 2. The third kappa shape index (κ3) is 4.39. The maximum Gasteiger partial charge on any atom is 0.309 e. The van der Waals surface area contributed by atoms with Gasteiger partial charge in [0.1, 0.15) is 5.60 Å². The van der Waals surface area contributed by atoms with Gasteiger partial charge >= 0.3 is 11.8 Å². The highest BCUT2D eigenvalue weighted by Crippen LogP contribution is 2.46. The van der Waals surface area contributed by atoms with Crippen LogP contribution in [0.15, 0.2) is 41.8 Å². The van der Waals surface area contributed by atoms with Crippen molar-refractivity contribution in [2.75, 3.05) is 6.54 Å². The summed E-state index contributed by atoms with van der Waals surface area (Å²) in [6.45, 7) is 0.270. The molecule has 3 rings (SSSR count). The van der Waals surface area contributed by atoms with Gasteiger partial charge in [0.25, 0.3) is 0 Å². The zero-order valence-electron chi connectivity index (χ0n) is 13.5. The van der Waals surface area contributed by atoms with E-state index in [-0.39, 0.29) is 19.0 Å². The molecule has 0 aliphatic heterocycles. The van der Waals surface area contributed by atoms with Gasteiger partial charge in [-0.1, -0.05) is 29.8 Å². The lowest BCUT2D eigenvalue weighted by Gasteiger charge is -2.27. The lowest BCUT2D eigenvalue weighted by molar-refractivity contribution is -0.140. The van der Waals surface area contributed by atoms with Gasteiger partial charge in [0.15, 0.2) is 0 Å². The maximum absolute atomic E-state index is 12.0. The number of carbonyl (C=O) groups is 2. The average Bonchev–Trinajstić information content (AvgIpc) is 3.33. The van der Waals surface area contributed by atoms with E-state index in [1.807, 2.05) is 17.5 Å². The Labute approximate surface area is 155 Å². The van der Waals surface area contributed by atoms with Gasteiger partial charge in [-0.15, -0.1) is 11.3 Å². The van der Waals surface area contributed by atoms with E-state index in [4.69, 9.17) is 11.6 Å². The number of rotatable bonds is 6. The molecule has 1 unspecified atom stereocenters. The summed E-state index contributed by atoms with van der Waals surface area (Å²) >= 11 is 7.26.